The van der Waals surface area contributed by atoms with E-state index in [9.17, 15) is 5.11 Å². The molecule has 3 aromatic rings. The average molecular weight is 278 g/mol. The summed E-state index contributed by atoms with van der Waals surface area (Å²) in [4.78, 5) is 0. The quantitative estimate of drug-likeness (QED) is 0.799. The summed E-state index contributed by atoms with van der Waals surface area (Å²) in [6.07, 6.45) is 1.63. The molecule has 0 amide bonds. The van der Waals surface area contributed by atoms with Crippen LogP contribution in [-0.4, -0.2) is 20.1 Å². The van der Waals surface area contributed by atoms with Gasteiger partial charge in [0.1, 0.15) is 11.8 Å². The van der Waals surface area contributed by atoms with Crippen molar-refractivity contribution in [3.05, 3.63) is 47.8 Å². The number of nitriles is 1. The number of aromatic nitrogens is 3. The highest BCUT2D eigenvalue weighted by molar-refractivity contribution is 5.94. The number of nitrogens with zero attached hydrogens (tertiary/aromatic N) is 4. The summed E-state index contributed by atoms with van der Waals surface area (Å²) in [5.74, 6) is 0.229. The van der Waals surface area contributed by atoms with Crippen molar-refractivity contribution < 1.29 is 5.11 Å². The predicted octanol–water partition coefficient (Wildman–Crippen LogP) is 2.95. The van der Waals surface area contributed by atoms with Crippen molar-refractivity contribution >= 4 is 10.8 Å². The summed E-state index contributed by atoms with van der Waals surface area (Å²) in [6.45, 7) is 2.05. The molecular weight excluding hydrogens is 264 g/mol. The molecule has 1 heterocycles. The van der Waals surface area contributed by atoms with Gasteiger partial charge in [0.2, 0.25) is 0 Å². The van der Waals surface area contributed by atoms with Crippen LogP contribution in [0.5, 0.6) is 5.75 Å². The third-order valence-electron chi connectivity index (χ3n) is 3.46. The topological polar surface area (TPSA) is 74.7 Å². The van der Waals surface area contributed by atoms with Crippen molar-refractivity contribution in [2.75, 3.05) is 0 Å². The standard InChI is InChI=1S/C16H14N4O/c1-2-5-15-13(10-17)18-19-20(15)14-8-3-7-12-11(14)6-4-9-16(12)21/h3-4,6-9,21H,2,5H2,1H3. The molecule has 2 aromatic carbocycles. The van der Waals surface area contributed by atoms with Gasteiger partial charge < -0.3 is 5.11 Å². The Kier molecular flexibility index (Phi) is 3.28. The Morgan fingerprint density at radius 3 is 2.71 bits per heavy atom. The molecule has 21 heavy (non-hydrogen) atoms. The molecule has 5 heteroatoms. The Morgan fingerprint density at radius 1 is 1.19 bits per heavy atom. The fourth-order valence-electron chi connectivity index (χ4n) is 2.50. The maximum atomic E-state index is 9.97. The summed E-state index contributed by atoms with van der Waals surface area (Å²) in [7, 11) is 0. The van der Waals surface area contributed by atoms with E-state index in [4.69, 9.17) is 5.26 Å². The number of phenols is 1. The SMILES string of the molecule is CCCc1c(C#N)nnn1-c1cccc2c(O)cccc12. The van der Waals surface area contributed by atoms with Crippen LogP contribution in [0.4, 0.5) is 0 Å². The number of hydrogen-bond acceptors (Lipinski definition) is 4. The normalized spacial score (nSPS) is 10.7. The van der Waals surface area contributed by atoms with E-state index in [2.05, 4.69) is 16.4 Å². The highest BCUT2D eigenvalue weighted by atomic mass is 16.3. The van der Waals surface area contributed by atoms with E-state index in [1.165, 1.54) is 0 Å². The van der Waals surface area contributed by atoms with Crippen LogP contribution in [0, 0.1) is 11.3 Å². The van der Waals surface area contributed by atoms with E-state index < -0.39 is 0 Å². The van der Waals surface area contributed by atoms with Crippen LogP contribution in [0.15, 0.2) is 36.4 Å². The average Bonchev–Trinajstić information content (AvgIpc) is 2.90. The largest absolute Gasteiger partial charge is 0.507 e. The zero-order chi connectivity index (χ0) is 14.8. The molecule has 0 unspecified atom stereocenters. The first-order valence-corrected chi connectivity index (χ1v) is 6.82. The molecule has 0 radical (unpaired) electrons. The minimum absolute atomic E-state index is 0.229. The molecule has 0 aliphatic heterocycles. The van der Waals surface area contributed by atoms with E-state index in [-0.39, 0.29) is 5.75 Å². The lowest BCUT2D eigenvalue weighted by Gasteiger charge is -2.10. The van der Waals surface area contributed by atoms with Crippen molar-refractivity contribution in [3.8, 4) is 17.5 Å². The molecule has 5 nitrogen and oxygen atoms in total. The Balaban J connectivity index is 2.29. The Bertz CT molecular complexity index is 845. The molecule has 0 saturated heterocycles. The molecule has 0 saturated carbocycles. The van der Waals surface area contributed by atoms with Crippen LogP contribution in [0.3, 0.4) is 0 Å². The molecule has 1 N–H and O–H groups in total. The maximum Gasteiger partial charge on any atom is 0.186 e. The Morgan fingerprint density at radius 2 is 1.95 bits per heavy atom. The van der Waals surface area contributed by atoms with Crippen molar-refractivity contribution in [2.24, 2.45) is 0 Å². The van der Waals surface area contributed by atoms with Crippen LogP contribution in [-0.2, 0) is 6.42 Å². The van der Waals surface area contributed by atoms with Crippen LogP contribution >= 0.6 is 0 Å². The summed E-state index contributed by atoms with van der Waals surface area (Å²) < 4.78 is 1.70. The lowest BCUT2D eigenvalue weighted by atomic mass is 10.1. The highest BCUT2D eigenvalue weighted by Crippen LogP contribution is 2.29. The van der Waals surface area contributed by atoms with Gasteiger partial charge in [-0.3, -0.25) is 0 Å². The summed E-state index contributed by atoms with van der Waals surface area (Å²) in [5, 5.41) is 28.8. The molecule has 1 aromatic heterocycles. The second-order valence-corrected chi connectivity index (χ2v) is 4.81. The predicted molar refractivity (Wildman–Crippen MR) is 79.2 cm³/mol. The van der Waals surface area contributed by atoms with Crippen molar-refractivity contribution in [3.63, 3.8) is 0 Å². The van der Waals surface area contributed by atoms with Crippen molar-refractivity contribution in [1.82, 2.24) is 15.0 Å². The van der Waals surface area contributed by atoms with Crippen LogP contribution < -0.4 is 0 Å². The van der Waals surface area contributed by atoms with E-state index >= 15 is 0 Å². The van der Waals surface area contributed by atoms with Gasteiger partial charge in [-0.25, -0.2) is 4.68 Å². The number of rotatable bonds is 3. The molecular formula is C16H14N4O. The molecule has 0 aliphatic rings. The van der Waals surface area contributed by atoms with E-state index in [1.54, 1.807) is 16.8 Å². The fourth-order valence-corrected chi connectivity index (χ4v) is 2.50. The van der Waals surface area contributed by atoms with Gasteiger partial charge in [-0.15, -0.1) is 5.10 Å². The van der Waals surface area contributed by atoms with Gasteiger partial charge in [0.15, 0.2) is 5.69 Å². The Hall–Kier alpha value is -2.87. The number of phenolic OH excluding ortho intramolecular Hbond substituents is 1. The number of aromatic hydroxyl groups is 1. The van der Waals surface area contributed by atoms with Gasteiger partial charge in [0, 0.05) is 10.8 Å². The molecule has 104 valence electrons. The lowest BCUT2D eigenvalue weighted by Crippen LogP contribution is -2.03. The molecule has 3 rings (SSSR count). The van der Waals surface area contributed by atoms with Crippen molar-refractivity contribution in [2.45, 2.75) is 19.8 Å². The molecule has 0 spiro atoms. The monoisotopic (exact) mass is 278 g/mol. The first-order valence-electron chi connectivity index (χ1n) is 6.82. The molecule has 0 fully saturated rings. The second-order valence-electron chi connectivity index (χ2n) is 4.81. The van der Waals surface area contributed by atoms with Crippen LogP contribution in [0.2, 0.25) is 0 Å². The number of benzene rings is 2. The zero-order valence-corrected chi connectivity index (χ0v) is 11.6. The van der Waals surface area contributed by atoms with Crippen LogP contribution in [0.25, 0.3) is 16.5 Å². The molecule has 0 atom stereocenters. The van der Waals surface area contributed by atoms with Gasteiger partial charge in [-0.2, -0.15) is 5.26 Å². The highest BCUT2D eigenvalue weighted by Gasteiger charge is 2.15. The van der Waals surface area contributed by atoms with E-state index in [0.29, 0.717) is 5.69 Å². The minimum Gasteiger partial charge on any atom is -0.507 e. The Labute approximate surface area is 122 Å². The lowest BCUT2D eigenvalue weighted by molar-refractivity contribution is 0.481. The zero-order valence-electron chi connectivity index (χ0n) is 11.6. The first kappa shape index (κ1) is 13.1. The van der Waals surface area contributed by atoms with Crippen molar-refractivity contribution in [1.29, 1.82) is 5.26 Å². The first-order chi connectivity index (χ1) is 10.3. The fraction of sp³-hybridized carbons (Fsp3) is 0.188. The third-order valence-corrected chi connectivity index (χ3v) is 3.46. The van der Waals surface area contributed by atoms with Gasteiger partial charge >= 0.3 is 0 Å². The van der Waals surface area contributed by atoms with Gasteiger partial charge in [0.05, 0.1) is 11.4 Å². The smallest absolute Gasteiger partial charge is 0.186 e. The van der Waals surface area contributed by atoms with Gasteiger partial charge in [-0.05, 0) is 18.6 Å². The summed E-state index contributed by atoms with van der Waals surface area (Å²) in [6, 6.07) is 13.1. The van der Waals surface area contributed by atoms with Crippen LogP contribution in [0.1, 0.15) is 24.7 Å². The summed E-state index contributed by atoms with van der Waals surface area (Å²) in [5.41, 5.74) is 1.98. The molecule has 0 aliphatic carbocycles. The third kappa shape index (κ3) is 2.11. The molecule has 0 bridgehead atoms. The minimum atomic E-state index is 0.229. The van der Waals surface area contributed by atoms with Gasteiger partial charge in [-0.1, -0.05) is 42.8 Å². The maximum absolute atomic E-state index is 9.97. The second kappa shape index (κ2) is 5.25. The van der Waals surface area contributed by atoms with E-state index in [0.717, 1.165) is 35.0 Å². The number of hydrogen-bond donors (Lipinski definition) is 1. The van der Waals surface area contributed by atoms with Gasteiger partial charge in [0.25, 0.3) is 0 Å². The summed E-state index contributed by atoms with van der Waals surface area (Å²) >= 11 is 0. The van der Waals surface area contributed by atoms with E-state index in [1.807, 2.05) is 31.2 Å². The number of fused-ring (bicyclic) bond motifs is 1.